The summed E-state index contributed by atoms with van der Waals surface area (Å²) >= 11 is 5.80. The highest BCUT2D eigenvalue weighted by Crippen LogP contribution is 2.43. The Kier molecular flexibility index (Phi) is 5.63. The molecule has 0 amide bonds. The molecule has 0 N–H and O–H groups in total. The molecule has 10 aromatic rings. The van der Waals surface area contributed by atoms with E-state index < -0.39 is 0 Å². The Balaban J connectivity index is 1.27. The first-order valence-electron chi connectivity index (χ1n) is 15.5. The maximum atomic E-state index is 3.96. The highest BCUT2D eigenvalue weighted by Gasteiger charge is 2.19. The highest BCUT2D eigenvalue weighted by atomic mass is 79.9. The number of hydrogen-bond donors (Lipinski definition) is 0. The molecule has 4 heteroatoms. The molecular formula is C42H25BrN2S. The summed E-state index contributed by atoms with van der Waals surface area (Å²) in [6, 6.07) is 55.3. The number of nitrogens with zero attached hydrogens (tertiary/aromatic N) is 2. The molecule has 10 rings (SSSR count). The van der Waals surface area contributed by atoms with Crippen molar-refractivity contribution in [3.05, 3.63) is 156 Å². The van der Waals surface area contributed by atoms with Gasteiger partial charge in [-0.05, 0) is 81.7 Å². The molecule has 2 nitrogen and oxygen atoms in total. The van der Waals surface area contributed by atoms with E-state index >= 15 is 0 Å². The van der Waals surface area contributed by atoms with Crippen molar-refractivity contribution in [1.82, 2.24) is 9.13 Å². The minimum absolute atomic E-state index is 1.13. The molecule has 0 saturated heterocycles. The fourth-order valence-corrected chi connectivity index (χ4v) is 9.21. The molecule has 216 valence electrons. The van der Waals surface area contributed by atoms with Crippen molar-refractivity contribution in [2.75, 3.05) is 0 Å². The Morgan fingerprint density at radius 1 is 0.435 bits per heavy atom. The van der Waals surface area contributed by atoms with Crippen LogP contribution in [-0.4, -0.2) is 9.13 Å². The van der Waals surface area contributed by atoms with Crippen LogP contribution in [0.25, 0.3) is 86.3 Å². The lowest BCUT2D eigenvalue weighted by Crippen LogP contribution is -1.94. The molecule has 0 bridgehead atoms. The van der Waals surface area contributed by atoms with Crippen molar-refractivity contribution in [2.24, 2.45) is 0 Å². The lowest BCUT2D eigenvalue weighted by molar-refractivity contribution is 1.18. The van der Waals surface area contributed by atoms with E-state index in [1.54, 1.807) is 0 Å². The maximum absolute atomic E-state index is 3.96. The maximum Gasteiger partial charge on any atom is 0.0547 e. The highest BCUT2D eigenvalue weighted by molar-refractivity contribution is 9.10. The van der Waals surface area contributed by atoms with Crippen molar-refractivity contribution in [3.8, 4) is 22.5 Å². The zero-order chi connectivity index (χ0) is 30.4. The Hall–Kier alpha value is -5.16. The van der Waals surface area contributed by atoms with Gasteiger partial charge >= 0.3 is 0 Å². The minimum Gasteiger partial charge on any atom is -0.309 e. The van der Waals surface area contributed by atoms with Gasteiger partial charge in [-0.15, -0.1) is 11.3 Å². The number of rotatable bonds is 3. The van der Waals surface area contributed by atoms with Crippen LogP contribution in [0.4, 0.5) is 0 Å². The third kappa shape index (κ3) is 3.69. The second kappa shape index (κ2) is 9.92. The summed E-state index contributed by atoms with van der Waals surface area (Å²) in [5, 5.41) is 7.63. The first-order chi connectivity index (χ1) is 22.7. The molecular weight excluding hydrogens is 644 g/mol. The van der Waals surface area contributed by atoms with Gasteiger partial charge in [0.1, 0.15) is 0 Å². The molecule has 3 aromatic heterocycles. The van der Waals surface area contributed by atoms with Crippen molar-refractivity contribution < 1.29 is 0 Å². The van der Waals surface area contributed by atoms with Crippen LogP contribution in [0.3, 0.4) is 0 Å². The number of aromatic nitrogens is 2. The molecule has 0 radical (unpaired) electrons. The summed E-state index contributed by atoms with van der Waals surface area (Å²) in [5.41, 5.74) is 9.61. The van der Waals surface area contributed by atoms with Crippen LogP contribution in [0.5, 0.6) is 0 Å². The van der Waals surface area contributed by atoms with Gasteiger partial charge in [-0.1, -0.05) is 97.1 Å². The summed E-state index contributed by atoms with van der Waals surface area (Å²) < 4.78 is 8.55. The molecule has 0 spiro atoms. The molecule has 0 unspecified atom stereocenters. The van der Waals surface area contributed by atoms with Crippen molar-refractivity contribution >= 4 is 91.1 Å². The van der Waals surface area contributed by atoms with E-state index in [9.17, 15) is 0 Å². The average Bonchev–Trinajstić information content (AvgIpc) is 3.76. The van der Waals surface area contributed by atoms with Gasteiger partial charge < -0.3 is 9.13 Å². The predicted octanol–water partition coefficient (Wildman–Crippen LogP) is 12.7. The van der Waals surface area contributed by atoms with Crippen LogP contribution >= 0.6 is 27.3 Å². The van der Waals surface area contributed by atoms with Crippen LogP contribution in [-0.2, 0) is 0 Å². The Morgan fingerprint density at radius 3 is 1.93 bits per heavy atom. The summed E-state index contributed by atoms with van der Waals surface area (Å²) in [4.78, 5) is 0. The Bertz CT molecular complexity index is 2820. The minimum atomic E-state index is 1.13. The second-order valence-corrected chi connectivity index (χ2v) is 13.8. The first kappa shape index (κ1) is 26.1. The molecule has 46 heavy (non-hydrogen) atoms. The Morgan fingerprint density at radius 2 is 1.09 bits per heavy atom. The predicted molar refractivity (Wildman–Crippen MR) is 201 cm³/mol. The van der Waals surface area contributed by atoms with Gasteiger partial charge in [0.2, 0.25) is 0 Å². The fraction of sp³-hybridized carbons (Fsp3) is 0. The third-order valence-corrected chi connectivity index (χ3v) is 11.5. The van der Waals surface area contributed by atoms with E-state index in [0.717, 1.165) is 10.2 Å². The van der Waals surface area contributed by atoms with E-state index in [-0.39, 0.29) is 0 Å². The average molecular weight is 670 g/mol. The first-order valence-corrected chi connectivity index (χ1v) is 17.1. The number of halogens is 1. The number of para-hydroxylation sites is 3. The molecule has 0 aliphatic carbocycles. The van der Waals surface area contributed by atoms with Crippen molar-refractivity contribution in [1.29, 1.82) is 0 Å². The van der Waals surface area contributed by atoms with E-state index in [2.05, 4.69) is 177 Å². The summed E-state index contributed by atoms with van der Waals surface area (Å²) in [7, 11) is 0. The van der Waals surface area contributed by atoms with Gasteiger partial charge in [0.25, 0.3) is 0 Å². The van der Waals surface area contributed by atoms with E-state index in [1.165, 1.54) is 80.6 Å². The second-order valence-electron chi connectivity index (χ2n) is 11.9. The Labute approximate surface area is 277 Å². The van der Waals surface area contributed by atoms with Gasteiger partial charge in [0, 0.05) is 57.6 Å². The lowest BCUT2D eigenvalue weighted by atomic mass is 9.98. The number of hydrogen-bond acceptors (Lipinski definition) is 1. The third-order valence-electron chi connectivity index (χ3n) is 9.37. The molecule has 0 aliphatic heterocycles. The van der Waals surface area contributed by atoms with Crippen LogP contribution in [0, 0.1) is 0 Å². The largest absolute Gasteiger partial charge is 0.309 e. The van der Waals surface area contributed by atoms with E-state index in [4.69, 9.17) is 0 Å². The fourth-order valence-electron chi connectivity index (χ4n) is 7.43. The number of thiophene rings is 1. The lowest BCUT2D eigenvalue weighted by Gasteiger charge is -2.11. The van der Waals surface area contributed by atoms with Gasteiger partial charge in [0.05, 0.1) is 22.1 Å². The molecule has 0 aliphatic rings. The summed E-state index contributed by atoms with van der Waals surface area (Å²) in [5.74, 6) is 0. The van der Waals surface area contributed by atoms with Gasteiger partial charge in [-0.25, -0.2) is 0 Å². The van der Waals surface area contributed by atoms with Crippen molar-refractivity contribution in [2.45, 2.75) is 0 Å². The van der Waals surface area contributed by atoms with E-state index in [1.807, 2.05) is 11.3 Å². The molecule has 0 fully saturated rings. The molecule has 0 atom stereocenters. The monoisotopic (exact) mass is 668 g/mol. The normalized spacial score (nSPS) is 12.0. The topological polar surface area (TPSA) is 9.86 Å². The van der Waals surface area contributed by atoms with Crippen LogP contribution in [0.1, 0.15) is 0 Å². The summed E-state index contributed by atoms with van der Waals surface area (Å²) in [6.45, 7) is 0. The summed E-state index contributed by atoms with van der Waals surface area (Å²) in [6.07, 6.45) is 0. The van der Waals surface area contributed by atoms with Gasteiger partial charge in [0.15, 0.2) is 0 Å². The van der Waals surface area contributed by atoms with Crippen molar-refractivity contribution in [3.63, 3.8) is 0 Å². The molecule has 0 saturated carbocycles. The van der Waals surface area contributed by atoms with E-state index in [0.29, 0.717) is 0 Å². The molecule has 3 heterocycles. The number of benzene rings is 7. The quantitative estimate of drug-likeness (QED) is 0.177. The number of fused-ring (bicyclic) bond motifs is 9. The van der Waals surface area contributed by atoms with Crippen LogP contribution < -0.4 is 0 Å². The van der Waals surface area contributed by atoms with Crippen LogP contribution in [0.15, 0.2) is 156 Å². The zero-order valence-electron chi connectivity index (χ0n) is 24.6. The smallest absolute Gasteiger partial charge is 0.0547 e. The van der Waals surface area contributed by atoms with Gasteiger partial charge in [-0.3, -0.25) is 0 Å². The standard InChI is InChI=1S/C42H25BrN2S/c43-35-25-28(24-34-32-14-6-9-20-40(32)46-42(34)35)45-36-17-7-4-13-30(36)31-22-21-26(23-39(31)45)29-16-10-19-38-41(29)33-15-5-8-18-37(33)44(38)27-11-2-1-3-12-27/h1-25H. The SMILES string of the molecule is Brc1cc(-n2c3ccccc3c3ccc(-c4cccc5c4c4ccccc4n5-c4ccccc4)cc32)cc2c1sc1ccccc12. The van der Waals surface area contributed by atoms with Crippen LogP contribution in [0.2, 0.25) is 0 Å². The zero-order valence-corrected chi connectivity index (χ0v) is 27.0. The molecule has 7 aromatic carbocycles. The van der Waals surface area contributed by atoms with Gasteiger partial charge in [-0.2, -0.15) is 0 Å².